The Morgan fingerprint density at radius 1 is 1.06 bits per heavy atom. The summed E-state index contributed by atoms with van der Waals surface area (Å²) >= 11 is 0. The van der Waals surface area contributed by atoms with Crippen molar-refractivity contribution in [3.05, 3.63) is 0 Å². The predicted octanol–water partition coefficient (Wildman–Crippen LogP) is 1.12. The molecule has 3 nitrogen and oxygen atoms in total. The van der Waals surface area contributed by atoms with Crippen LogP contribution in [0.1, 0.15) is 6.92 Å². The van der Waals surface area contributed by atoms with Crippen molar-refractivity contribution in [3.8, 4) is 0 Å². The minimum absolute atomic E-state index is 0.444. The Labute approximate surface area is 83.6 Å². The zero-order valence-electron chi connectivity index (χ0n) is 7.41. The van der Waals surface area contributed by atoms with Gasteiger partial charge in [-0.2, -0.15) is 30.7 Å². The quantitative estimate of drug-likeness (QED) is 0.421. The molecule has 0 unspecified atom stereocenters. The molecule has 1 amide bonds. The number of halogens is 7. The van der Waals surface area contributed by atoms with E-state index in [0.717, 1.165) is 0 Å². The number of hydrogen-bond acceptors (Lipinski definition) is 2. The van der Waals surface area contributed by atoms with E-state index in [2.05, 4.69) is 0 Å². The fraction of sp³-hybridized carbons (Fsp3) is 0.667. The lowest BCUT2D eigenvalue weighted by atomic mass is 10.1. The second-order valence-corrected chi connectivity index (χ2v) is 2.58. The number of carbonyl (C=O) groups excluding carboxylic acids is 1. The van der Waals surface area contributed by atoms with Crippen molar-refractivity contribution in [2.24, 2.45) is 4.99 Å². The second-order valence-electron chi connectivity index (χ2n) is 2.58. The maximum Gasteiger partial charge on any atom is 0.460 e. The minimum Gasteiger partial charge on any atom is -0.857 e. The lowest BCUT2D eigenvalue weighted by molar-refractivity contribution is -0.357. The molecule has 0 spiro atoms. The molecule has 0 aliphatic heterocycles. The number of hydrogen-bond donors (Lipinski definition) is 0. The van der Waals surface area contributed by atoms with Crippen molar-refractivity contribution in [2.75, 3.05) is 0 Å². The van der Waals surface area contributed by atoms with Gasteiger partial charge in [-0.15, -0.1) is 0 Å². The molecule has 0 saturated carbocycles. The van der Waals surface area contributed by atoms with Gasteiger partial charge in [-0.1, -0.05) is 0 Å². The van der Waals surface area contributed by atoms with Crippen molar-refractivity contribution in [3.63, 3.8) is 0 Å². The summed E-state index contributed by atoms with van der Waals surface area (Å²) in [6.45, 7) is 0.444. The van der Waals surface area contributed by atoms with E-state index in [1.165, 1.54) is 0 Å². The summed E-state index contributed by atoms with van der Waals surface area (Å²) in [6.07, 6.45) is -6.63. The van der Waals surface area contributed by atoms with Crippen molar-refractivity contribution >= 4 is 11.8 Å². The van der Waals surface area contributed by atoms with Crippen molar-refractivity contribution in [2.45, 2.75) is 24.9 Å². The van der Waals surface area contributed by atoms with E-state index >= 15 is 0 Å². The maximum absolute atomic E-state index is 12.4. The fourth-order valence-electron chi connectivity index (χ4n) is 0.526. The number of carbonyl (C=O) groups is 1. The minimum atomic E-state index is -6.63. The van der Waals surface area contributed by atoms with Gasteiger partial charge in [-0.3, -0.25) is 4.79 Å². The van der Waals surface area contributed by atoms with Crippen LogP contribution in [0, 0.1) is 0 Å². The van der Waals surface area contributed by atoms with Gasteiger partial charge in [0.05, 0.1) is 0 Å². The highest BCUT2D eigenvalue weighted by Crippen LogP contribution is 2.46. The first-order valence-corrected chi connectivity index (χ1v) is 3.43. The van der Waals surface area contributed by atoms with E-state index in [0.29, 0.717) is 6.92 Å². The zero-order valence-corrected chi connectivity index (χ0v) is 7.41. The molecule has 0 heterocycles. The highest BCUT2D eigenvalue weighted by molar-refractivity contribution is 5.92. The molecule has 0 saturated heterocycles. The van der Waals surface area contributed by atoms with Crippen LogP contribution >= 0.6 is 0 Å². The second kappa shape index (κ2) is 3.91. The van der Waals surface area contributed by atoms with Crippen molar-refractivity contribution in [1.82, 2.24) is 0 Å². The number of alkyl halides is 7. The van der Waals surface area contributed by atoms with Crippen LogP contribution in [0.25, 0.3) is 0 Å². The smallest absolute Gasteiger partial charge is 0.460 e. The summed E-state index contributed by atoms with van der Waals surface area (Å²) in [6, 6.07) is 0. The van der Waals surface area contributed by atoms with Crippen LogP contribution < -0.4 is 5.11 Å². The normalized spacial score (nSPS) is 15.1. The summed E-state index contributed by atoms with van der Waals surface area (Å²) in [5, 5.41) is 10.3. The van der Waals surface area contributed by atoms with Crippen molar-refractivity contribution < 1.29 is 40.6 Å². The number of rotatable bonds is 2. The fourth-order valence-corrected chi connectivity index (χ4v) is 0.526. The van der Waals surface area contributed by atoms with Gasteiger partial charge >= 0.3 is 18.0 Å². The lowest BCUT2D eigenvalue weighted by Gasteiger charge is -2.31. The number of amides is 1. The van der Waals surface area contributed by atoms with Gasteiger partial charge in [-0.05, 0) is 0 Å². The van der Waals surface area contributed by atoms with Gasteiger partial charge in [0, 0.05) is 12.8 Å². The van der Waals surface area contributed by atoms with Crippen LogP contribution in [-0.2, 0) is 4.79 Å². The summed E-state index contributed by atoms with van der Waals surface area (Å²) in [7, 11) is 0. The molecule has 0 rings (SSSR count). The van der Waals surface area contributed by atoms with E-state index in [1.54, 1.807) is 0 Å². The molecule has 0 aromatic heterocycles. The molecule has 0 atom stereocenters. The van der Waals surface area contributed by atoms with E-state index < -0.39 is 29.8 Å². The third-order valence-corrected chi connectivity index (χ3v) is 1.28. The molecule has 0 aromatic carbocycles. The van der Waals surface area contributed by atoms with Crippen LogP contribution in [0.5, 0.6) is 0 Å². The Morgan fingerprint density at radius 2 is 1.44 bits per heavy atom. The Bertz CT molecular complexity index is 319. The van der Waals surface area contributed by atoms with E-state index in [9.17, 15) is 40.6 Å². The summed E-state index contributed by atoms with van der Waals surface area (Å²) < 4.78 is 83.6. The monoisotopic (exact) mass is 254 g/mol. The number of nitrogens with zero attached hydrogens (tertiary/aromatic N) is 1. The highest BCUT2D eigenvalue weighted by atomic mass is 19.4. The molecular weight excluding hydrogens is 251 g/mol. The molecule has 0 fully saturated rings. The first-order valence-electron chi connectivity index (χ1n) is 3.43. The van der Waals surface area contributed by atoms with Gasteiger partial charge < -0.3 is 5.11 Å². The summed E-state index contributed by atoms with van der Waals surface area (Å²) in [5.74, 6) is -17.4. The molecule has 0 aliphatic carbocycles. The summed E-state index contributed by atoms with van der Waals surface area (Å²) in [5.41, 5.74) is 0. The van der Waals surface area contributed by atoms with E-state index in [4.69, 9.17) is 0 Å². The molecule has 10 heteroatoms. The third kappa shape index (κ3) is 2.42. The van der Waals surface area contributed by atoms with Gasteiger partial charge in [0.15, 0.2) is 0 Å². The standard InChI is InChI=1S/C6H4F7NO2/c1-2(15)14-3(16)4(7,8)5(9,10)6(11,12)13/h1H3,(H,14,15,16)/p-1. The Morgan fingerprint density at radius 3 is 1.69 bits per heavy atom. The average molecular weight is 254 g/mol. The molecule has 16 heavy (non-hydrogen) atoms. The Kier molecular flexibility index (Phi) is 3.58. The van der Waals surface area contributed by atoms with Crippen LogP contribution in [0.3, 0.4) is 0 Å². The third-order valence-electron chi connectivity index (χ3n) is 1.28. The first kappa shape index (κ1) is 14.7. The highest BCUT2D eigenvalue weighted by Gasteiger charge is 2.73. The molecule has 0 bridgehead atoms. The number of aliphatic imine (C=N–C) groups is 1. The first-order chi connectivity index (χ1) is 6.84. The van der Waals surface area contributed by atoms with Gasteiger partial charge in [0.25, 0.3) is 0 Å². The lowest BCUT2D eigenvalue weighted by Crippen LogP contribution is -2.59. The molecule has 0 aromatic rings. The van der Waals surface area contributed by atoms with E-state index in [1.807, 2.05) is 4.99 Å². The topological polar surface area (TPSA) is 52.5 Å². The van der Waals surface area contributed by atoms with Gasteiger partial charge in [-0.25, -0.2) is 4.99 Å². The van der Waals surface area contributed by atoms with Crippen LogP contribution in [-0.4, -0.2) is 29.8 Å². The summed E-state index contributed by atoms with van der Waals surface area (Å²) in [4.78, 5) is 11.9. The van der Waals surface area contributed by atoms with E-state index in [-0.39, 0.29) is 0 Å². The Balaban J connectivity index is 5.44. The van der Waals surface area contributed by atoms with Crippen LogP contribution in [0.15, 0.2) is 4.99 Å². The Hall–Kier alpha value is -1.35. The molecule has 0 N–H and O–H groups in total. The average Bonchev–Trinajstić information content (AvgIpc) is 2.00. The molecular formula is C6H3F7NO2-. The predicted molar refractivity (Wildman–Crippen MR) is 34.1 cm³/mol. The van der Waals surface area contributed by atoms with Crippen LogP contribution in [0.2, 0.25) is 0 Å². The largest absolute Gasteiger partial charge is 0.857 e. The SMILES string of the molecule is CC(=O)N=C([O-])C(F)(F)C(F)(F)C(F)(F)F. The maximum atomic E-state index is 12.4. The van der Waals surface area contributed by atoms with Crippen LogP contribution in [0.4, 0.5) is 30.7 Å². The molecule has 94 valence electrons. The molecule has 0 aliphatic rings. The van der Waals surface area contributed by atoms with Gasteiger partial charge in [0.2, 0.25) is 5.91 Å². The molecule has 0 radical (unpaired) electrons. The van der Waals surface area contributed by atoms with Crippen molar-refractivity contribution in [1.29, 1.82) is 0 Å². The van der Waals surface area contributed by atoms with Gasteiger partial charge in [0.1, 0.15) is 0 Å². The zero-order chi connectivity index (χ0) is 13.4.